The normalized spacial score (nSPS) is 10.8. The monoisotopic (exact) mass is 284 g/mol. The standard InChI is InChI=1S/C16H13FN2O2/c1-10-18-14-8-11(2-7-15(14)21-10)9-16(20)19-13-5-3-12(17)4-6-13/h2-8H,9H2,1H3,(H,19,20). The number of halogens is 1. The van der Waals surface area contributed by atoms with Gasteiger partial charge in [-0.05, 0) is 42.0 Å². The van der Waals surface area contributed by atoms with Crippen LogP contribution in [0.15, 0.2) is 46.9 Å². The Kier molecular flexibility index (Phi) is 3.39. The zero-order chi connectivity index (χ0) is 14.8. The predicted octanol–water partition coefficient (Wildman–Crippen LogP) is 3.46. The molecule has 3 rings (SSSR count). The van der Waals surface area contributed by atoms with Crippen molar-refractivity contribution >= 4 is 22.7 Å². The number of oxazole rings is 1. The van der Waals surface area contributed by atoms with Gasteiger partial charge in [0.25, 0.3) is 0 Å². The van der Waals surface area contributed by atoms with Crippen molar-refractivity contribution in [3.63, 3.8) is 0 Å². The fraction of sp³-hybridized carbons (Fsp3) is 0.125. The summed E-state index contributed by atoms with van der Waals surface area (Å²) < 4.78 is 18.2. The van der Waals surface area contributed by atoms with Gasteiger partial charge in [0, 0.05) is 12.6 Å². The lowest BCUT2D eigenvalue weighted by Crippen LogP contribution is -2.14. The van der Waals surface area contributed by atoms with Crippen molar-refractivity contribution < 1.29 is 13.6 Å². The molecule has 0 saturated heterocycles. The number of aryl methyl sites for hydroxylation is 1. The van der Waals surface area contributed by atoms with Gasteiger partial charge >= 0.3 is 0 Å². The Morgan fingerprint density at radius 3 is 2.76 bits per heavy atom. The lowest BCUT2D eigenvalue weighted by Gasteiger charge is -2.05. The second-order valence-corrected chi connectivity index (χ2v) is 4.77. The molecule has 0 radical (unpaired) electrons. The number of rotatable bonds is 3. The van der Waals surface area contributed by atoms with Crippen LogP contribution in [0, 0.1) is 12.7 Å². The molecule has 0 atom stereocenters. The minimum atomic E-state index is -0.333. The van der Waals surface area contributed by atoms with Crippen LogP contribution in [-0.4, -0.2) is 10.9 Å². The summed E-state index contributed by atoms with van der Waals surface area (Å²) in [7, 11) is 0. The molecule has 0 spiro atoms. The van der Waals surface area contributed by atoms with Crippen molar-refractivity contribution in [3.05, 3.63) is 59.7 Å². The van der Waals surface area contributed by atoms with Crippen LogP contribution in [0.1, 0.15) is 11.5 Å². The van der Waals surface area contributed by atoms with Crippen LogP contribution in [0.2, 0.25) is 0 Å². The van der Waals surface area contributed by atoms with Crippen LogP contribution >= 0.6 is 0 Å². The van der Waals surface area contributed by atoms with E-state index < -0.39 is 0 Å². The summed E-state index contributed by atoms with van der Waals surface area (Å²) in [5, 5.41) is 2.72. The average Bonchev–Trinajstić information content (AvgIpc) is 2.80. The summed E-state index contributed by atoms with van der Waals surface area (Å²) in [5.74, 6) is 0.0962. The molecule has 0 saturated carbocycles. The molecule has 21 heavy (non-hydrogen) atoms. The fourth-order valence-electron chi connectivity index (χ4n) is 2.12. The summed E-state index contributed by atoms with van der Waals surface area (Å²) in [6.45, 7) is 1.78. The third-order valence-electron chi connectivity index (χ3n) is 3.05. The summed E-state index contributed by atoms with van der Waals surface area (Å²) in [6, 6.07) is 11.1. The van der Waals surface area contributed by atoms with Crippen LogP contribution in [0.4, 0.5) is 10.1 Å². The summed E-state index contributed by atoms with van der Waals surface area (Å²) in [4.78, 5) is 16.2. The van der Waals surface area contributed by atoms with Crippen molar-refractivity contribution in [2.75, 3.05) is 5.32 Å². The van der Waals surface area contributed by atoms with E-state index in [1.54, 1.807) is 13.0 Å². The SMILES string of the molecule is Cc1nc2cc(CC(=O)Nc3ccc(F)cc3)ccc2o1. The molecule has 2 aromatic carbocycles. The number of hydrogen-bond donors (Lipinski definition) is 1. The third kappa shape index (κ3) is 3.08. The number of nitrogens with one attached hydrogen (secondary N) is 1. The highest BCUT2D eigenvalue weighted by Gasteiger charge is 2.07. The van der Waals surface area contributed by atoms with Crippen LogP contribution < -0.4 is 5.32 Å². The molecule has 0 unspecified atom stereocenters. The minimum absolute atomic E-state index is 0.166. The molecule has 1 aromatic heterocycles. The Labute approximate surface area is 120 Å². The van der Waals surface area contributed by atoms with E-state index >= 15 is 0 Å². The van der Waals surface area contributed by atoms with E-state index in [0.29, 0.717) is 17.2 Å². The van der Waals surface area contributed by atoms with Gasteiger partial charge in [0.15, 0.2) is 11.5 Å². The van der Waals surface area contributed by atoms with Gasteiger partial charge in [-0.15, -0.1) is 0 Å². The van der Waals surface area contributed by atoms with Gasteiger partial charge in [-0.3, -0.25) is 4.79 Å². The molecule has 3 aromatic rings. The largest absolute Gasteiger partial charge is 0.441 e. The highest BCUT2D eigenvalue weighted by Crippen LogP contribution is 2.17. The van der Waals surface area contributed by atoms with Gasteiger partial charge in [0.2, 0.25) is 5.91 Å². The molecule has 0 bridgehead atoms. The van der Waals surface area contributed by atoms with Gasteiger partial charge < -0.3 is 9.73 Å². The number of nitrogens with zero attached hydrogens (tertiary/aromatic N) is 1. The van der Waals surface area contributed by atoms with Crippen LogP contribution in [0.25, 0.3) is 11.1 Å². The van der Waals surface area contributed by atoms with Crippen molar-refractivity contribution in [1.82, 2.24) is 4.98 Å². The Morgan fingerprint density at radius 2 is 2.00 bits per heavy atom. The molecular weight excluding hydrogens is 271 g/mol. The van der Waals surface area contributed by atoms with E-state index in [-0.39, 0.29) is 18.1 Å². The molecular formula is C16H13FN2O2. The first-order valence-corrected chi connectivity index (χ1v) is 6.52. The number of benzene rings is 2. The highest BCUT2D eigenvalue weighted by atomic mass is 19.1. The Morgan fingerprint density at radius 1 is 1.24 bits per heavy atom. The highest BCUT2D eigenvalue weighted by molar-refractivity contribution is 5.92. The number of amides is 1. The molecule has 0 aliphatic rings. The molecule has 1 amide bonds. The topological polar surface area (TPSA) is 55.1 Å². The number of aromatic nitrogens is 1. The molecule has 106 valence electrons. The van der Waals surface area contributed by atoms with E-state index in [1.807, 2.05) is 12.1 Å². The lowest BCUT2D eigenvalue weighted by atomic mass is 10.1. The van der Waals surface area contributed by atoms with E-state index in [9.17, 15) is 9.18 Å². The van der Waals surface area contributed by atoms with Crippen LogP contribution in [0.3, 0.4) is 0 Å². The van der Waals surface area contributed by atoms with Crippen molar-refractivity contribution in [2.45, 2.75) is 13.3 Å². The van der Waals surface area contributed by atoms with E-state index in [2.05, 4.69) is 10.3 Å². The zero-order valence-electron chi connectivity index (χ0n) is 11.4. The van der Waals surface area contributed by atoms with Crippen molar-refractivity contribution in [2.24, 2.45) is 0 Å². The zero-order valence-corrected chi connectivity index (χ0v) is 11.4. The Hall–Kier alpha value is -2.69. The molecule has 1 heterocycles. The molecule has 5 heteroatoms. The third-order valence-corrected chi connectivity index (χ3v) is 3.05. The van der Waals surface area contributed by atoms with Gasteiger partial charge in [-0.1, -0.05) is 6.07 Å². The van der Waals surface area contributed by atoms with Crippen molar-refractivity contribution in [3.8, 4) is 0 Å². The second-order valence-electron chi connectivity index (χ2n) is 4.77. The molecule has 1 N–H and O–H groups in total. The number of hydrogen-bond acceptors (Lipinski definition) is 3. The number of anilines is 1. The first-order valence-electron chi connectivity index (χ1n) is 6.52. The fourth-order valence-corrected chi connectivity index (χ4v) is 2.12. The van der Waals surface area contributed by atoms with E-state index in [0.717, 1.165) is 11.1 Å². The van der Waals surface area contributed by atoms with Gasteiger partial charge in [-0.2, -0.15) is 0 Å². The quantitative estimate of drug-likeness (QED) is 0.801. The second kappa shape index (κ2) is 5.36. The van der Waals surface area contributed by atoms with E-state index in [4.69, 9.17) is 4.42 Å². The first kappa shape index (κ1) is 13.3. The lowest BCUT2D eigenvalue weighted by molar-refractivity contribution is -0.115. The smallest absolute Gasteiger partial charge is 0.228 e. The first-order chi connectivity index (χ1) is 10.1. The molecule has 4 nitrogen and oxygen atoms in total. The van der Waals surface area contributed by atoms with Gasteiger partial charge in [0.05, 0.1) is 6.42 Å². The Balaban J connectivity index is 1.71. The molecule has 0 aliphatic carbocycles. The van der Waals surface area contributed by atoms with Crippen LogP contribution in [0.5, 0.6) is 0 Å². The average molecular weight is 284 g/mol. The molecule has 0 aliphatic heterocycles. The number of carbonyl (C=O) groups excluding carboxylic acids is 1. The van der Waals surface area contributed by atoms with Crippen molar-refractivity contribution in [1.29, 1.82) is 0 Å². The maximum Gasteiger partial charge on any atom is 0.228 e. The van der Waals surface area contributed by atoms with E-state index in [1.165, 1.54) is 24.3 Å². The number of fused-ring (bicyclic) bond motifs is 1. The van der Waals surface area contributed by atoms with Crippen LogP contribution in [-0.2, 0) is 11.2 Å². The van der Waals surface area contributed by atoms with Gasteiger partial charge in [0.1, 0.15) is 11.3 Å². The Bertz CT molecular complexity index is 794. The maximum absolute atomic E-state index is 12.8. The van der Waals surface area contributed by atoms with Gasteiger partial charge in [-0.25, -0.2) is 9.37 Å². The maximum atomic E-state index is 12.8. The summed E-state index contributed by atoms with van der Waals surface area (Å²) in [5.41, 5.74) is 2.85. The molecule has 0 fully saturated rings. The minimum Gasteiger partial charge on any atom is -0.441 e. The number of carbonyl (C=O) groups is 1. The predicted molar refractivity (Wildman–Crippen MR) is 77.5 cm³/mol. The summed E-state index contributed by atoms with van der Waals surface area (Å²) >= 11 is 0. The summed E-state index contributed by atoms with van der Waals surface area (Å²) in [6.07, 6.45) is 0.221.